The highest BCUT2D eigenvalue weighted by Crippen LogP contribution is 2.18. The summed E-state index contributed by atoms with van der Waals surface area (Å²) in [5, 5.41) is -0.299. The summed E-state index contributed by atoms with van der Waals surface area (Å²) in [6, 6.07) is 7.41. The number of nitrogens with zero attached hydrogens (tertiary/aromatic N) is 3. The van der Waals surface area contributed by atoms with Crippen LogP contribution in [0.15, 0.2) is 30.5 Å². The lowest BCUT2D eigenvalue weighted by Crippen LogP contribution is -2.34. The predicted octanol–water partition coefficient (Wildman–Crippen LogP) is 4.36. The number of aryl methyl sites for hydroxylation is 1. The third-order valence-electron chi connectivity index (χ3n) is 5.25. The number of carbonyl (C=O) groups excluding carboxylic acids is 2. The molecule has 0 N–H and O–H groups in total. The van der Waals surface area contributed by atoms with E-state index >= 15 is 0 Å². The normalized spacial score (nSPS) is 12.1. The van der Waals surface area contributed by atoms with Crippen molar-refractivity contribution in [3.05, 3.63) is 53.1 Å². The lowest BCUT2D eigenvalue weighted by Gasteiger charge is -2.23. The van der Waals surface area contributed by atoms with Gasteiger partial charge in [-0.05, 0) is 36.5 Å². The van der Waals surface area contributed by atoms with Crippen LogP contribution in [0.25, 0.3) is 0 Å². The lowest BCUT2D eigenvalue weighted by atomic mass is 10.1. The largest absolute Gasteiger partial charge is 0.465 e. The molecule has 0 fully saturated rings. The molecule has 1 aromatic carbocycles. The fourth-order valence-electron chi connectivity index (χ4n) is 3.48. The second-order valence-electron chi connectivity index (χ2n) is 8.38. The van der Waals surface area contributed by atoms with E-state index in [0.717, 1.165) is 42.8 Å². The van der Waals surface area contributed by atoms with E-state index in [1.165, 1.54) is 7.11 Å². The summed E-state index contributed by atoms with van der Waals surface area (Å²) in [6.45, 7) is 7.46. The van der Waals surface area contributed by atoms with Gasteiger partial charge in [0.25, 0.3) is 0 Å². The van der Waals surface area contributed by atoms with E-state index in [2.05, 4.69) is 43.0 Å². The summed E-state index contributed by atoms with van der Waals surface area (Å²) in [5.74, 6) is 1.11. The maximum Gasteiger partial charge on any atom is 0.337 e. The number of ether oxygens (including phenoxy) is 1. The number of unbranched alkanes of at least 4 members (excludes halogenated alkanes) is 1. The molecule has 1 unspecified atom stereocenters. The first kappa shape index (κ1) is 25.0. The summed E-state index contributed by atoms with van der Waals surface area (Å²) in [4.78, 5) is 30.8. The van der Waals surface area contributed by atoms with E-state index in [1.807, 2.05) is 25.4 Å². The molecule has 6 nitrogen and oxygen atoms in total. The van der Waals surface area contributed by atoms with E-state index in [4.69, 9.17) is 4.74 Å². The number of amides is 1. The molecule has 7 heteroatoms. The number of carbonyl (C=O) groups is 2. The zero-order valence-corrected chi connectivity index (χ0v) is 20.2. The SMILES string of the molecule is CCCCc1ncc(CN(C)C(=O)C(S)CC(C)C)n1Cc1ccc(C(=O)OC)cc1. The maximum absolute atomic E-state index is 12.7. The molecule has 0 aliphatic rings. The Labute approximate surface area is 191 Å². The van der Waals surface area contributed by atoms with E-state index in [-0.39, 0.29) is 17.1 Å². The summed E-state index contributed by atoms with van der Waals surface area (Å²) < 4.78 is 6.96. The highest BCUT2D eigenvalue weighted by molar-refractivity contribution is 7.81. The van der Waals surface area contributed by atoms with Gasteiger partial charge in [0.2, 0.25) is 5.91 Å². The van der Waals surface area contributed by atoms with Gasteiger partial charge in [-0.3, -0.25) is 4.79 Å². The highest BCUT2D eigenvalue weighted by atomic mass is 32.1. The van der Waals surface area contributed by atoms with E-state index in [0.29, 0.717) is 24.6 Å². The number of rotatable bonds is 11. The Morgan fingerprint density at radius 1 is 1.23 bits per heavy atom. The molecule has 0 saturated carbocycles. The highest BCUT2D eigenvalue weighted by Gasteiger charge is 2.21. The number of thiol groups is 1. The van der Waals surface area contributed by atoms with Crippen LogP contribution in [0.2, 0.25) is 0 Å². The Kier molecular flexibility index (Phi) is 9.62. The molecule has 1 heterocycles. The average molecular weight is 446 g/mol. The standard InChI is InChI=1S/C24H35N3O3S/c1-6-7-8-22-25-14-20(16-26(4)23(28)21(31)13-17(2)3)27(22)15-18-9-11-19(12-10-18)24(29)30-5/h9-12,14,17,21,31H,6-8,13,15-16H2,1-5H3. The minimum absolute atomic E-state index is 0.0299. The smallest absolute Gasteiger partial charge is 0.337 e. The quantitative estimate of drug-likeness (QED) is 0.412. The molecule has 0 radical (unpaired) electrons. The van der Waals surface area contributed by atoms with Gasteiger partial charge in [-0.25, -0.2) is 9.78 Å². The summed E-state index contributed by atoms with van der Waals surface area (Å²) in [7, 11) is 3.20. The molecule has 2 rings (SSSR count). The van der Waals surface area contributed by atoms with Crippen LogP contribution in [0.3, 0.4) is 0 Å². The molecule has 0 spiro atoms. The fourth-order valence-corrected chi connectivity index (χ4v) is 4.10. The molecule has 1 atom stereocenters. The number of hydrogen-bond acceptors (Lipinski definition) is 5. The van der Waals surface area contributed by atoms with Crippen LogP contribution in [-0.2, 0) is 29.0 Å². The van der Waals surface area contributed by atoms with Gasteiger partial charge in [0.15, 0.2) is 0 Å². The second-order valence-corrected chi connectivity index (χ2v) is 9.01. The fraction of sp³-hybridized carbons (Fsp3) is 0.542. The number of esters is 1. The van der Waals surface area contributed by atoms with Gasteiger partial charge in [-0.1, -0.05) is 39.3 Å². The van der Waals surface area contributed by atoms with Crippen LogP contribution in [0.5, 0.6) is 0 Å². The van der Waals surface area contributed by atoms with Gasteiger partial charge in [-0.15, -0.1) is 0 Å². The second kappa shape index (κ2) is 11.9. The number of methoxy groups -OCH3 is 1. The van der Waals surface area contributed by atoms with Gasteiger partial charge in [0, 0.05) is 20.0 Å². The molecule has 170 valence electrons. The number of hydrogen-bond donors (Lipinski definition) is 1. The molecular weight excluding hydrogens is 410 g/mol. The Morgan fingerprint density at radius 3 is 2.48 bits per heavy atom. The van der Waals surface area contributed by atoms with Crippen molar-refractivity contribution in [1.29, 1.82) is 0 Å². The third kappa shape index (κ3) is 7.13. The molecule has 2 aromatic rings. The van der Waals surface area contributed by atoms with Crippen LogP contribution in [0.4, 0.5) is 0 Å². The molecular formula is C24H35N3O3S. The average Bonchev–Trinajstić information content (AvgIpc) is 3.11. The van der Waals surface area contributed by atoms with Gasteiger partial charge >= 0.3 is 5.97 Å². The van der Waals surface area contributed by atoms with Crippen molar-refractivity contribution in [3.8, 4) is 0 Å². The Hall–Kier alpha value is -2.28. The molecule has 0 saturated heterocycles. The molecule has 1 amide bonds. The van der Waals surface area contributed by atoms with Gasteiger partial charge < -0.3 is 14.2 Å². The van der Waals surface area contributed by atoms with Crippen LogP contribution in [0, 0.1) is 5.92 Å². The zero-order valence-electron chi connectivity index (χ0n) is 19.3. The Balaban J connectivity index is 2.21. The van der Waals surface area contributed by atoms with Crippen LogP contribution >= 0.6 is 12.6 Å². The van der Waals surface area contributed by atoms with Crippen LogP contribution in [0.1, 0.15) is 67.5 Å². The van der Waals surface area contributed by atoms with Crippen LogP contribution in [-0.4, -0.2) is 45.7 Å². The minimum atomic E-state index is -0.346. The summed E-state index contributed by atoms with van der Waals surface area (Å²) in [5.41, 5.74) is 2.58. The number of benzene rings is 1. The summed E-state index contributed by atoms with van der Waals surface area (Å²) in [6.07, 6.45) is 5.65. The Bertz CT molecular complexity index is 861. The van der Waals surface area contributed by atoms with E-state index in [1.54, 1.807) is 17.0 Å². The molecule has 31 heavy (non-hydrogen) atoms. The first-order valence-corrected chi connectivity index (χ1v) is 11.4. The van der Waals surface area contributed by atoms with Gasteiger partial charge in [-0.2, -0.15) is 12.6 Å². The molecule has 1 aromatic heterocycles. The van der Waals surface area contributed by atoms with Crippen molar-refractivity contribution < 1.29 is 14.3 Å². The Morgan fingerprint density at radius 2 is 1.90 bits per heavy atom. The molecule has 0 aliphatic heterocycles. The van der Waals surface area contributed by atoms with E-state index in [9.17, 15) is 9.59 Å². The lowest BCUT2D eigenvalue weighted by molar-refractivity contribution is -0.130. The van der Waals surface area contributed by atoms with Crippen molar-refractivity contribution in [2.45, 2.75) is 64.8 Å². The van der Waals surface area contributed by atoms with Crippen molar-refractivity contribution in [2.75, 3.05) is 14.2 Å². The molecule has 0 bridgehead atoms. The minimum Gasteiger partial charge on any atom is -0.465 e. The maximum atomic E-state index is 12.7. The predicted molar refractivity (Wildman–Crippen MR) is 126 cm³/mol. The van der Waals surface area contributed by atoms with Gasteiger partial charge in [0.05, 0.1) is 36.4 Å². The zero-order chi connectivity index (χ0) is 23.0. The van der Waals surface area contributed by atoms with E-state index < -0.39 is 0 Å². The van der Waals surface area contributed by atoms with Crippen molar-refractivity contribution >= 4 is 24.5 Å². The number of aromatic nitrogens is 2. The van der Waals surface area contributed by atoms with Crippen molar-refractivity contribution in [1.82, 2.24) is 14.5 Å². The van der Waals surface area contributed by atoms with Crippen LogP contribution < -0.4 is 0 Å². The first-order chi connectivity index (χ1) is 14.8. The topological polar surface area (TPSA) is 64.4 Å². The first-order valence-electron chi connectivity index (χ1n) is 10.9. The number of imidazole rings is 1. The third-order valence-corrected chi connectivity index (χ3v) is 5.68. The van der Waals surface area contributed by atoms with Crippen molar-refractivity contribution in [3.63, 3.8) is 0 Å². The summed E-state index contributed by atoms with van der Waals surface area (Å²) >= 11 is 4.51. The molecule has 0 aliphatic carbocycles. The van der Waals surface area contributed by atoms with Crippen molar-refractivity contribution in [2.24, 2.45) is 5.92 Å². The van der Waals surface area contributed by atoms with Gasteiger partial charge in [0.1, 0.15) is 5.82 Å². The monoisotopic (exact) mass is 445 g/mol.